The lowest BCUT2D eigenvalue weighted by atomic mass is 10.1. The summed E-state index contributed by atoms with van der Waals surface area (Å²) in [5.74, 6) is 2.48. The van der Waals surface area contributed by atoms with E-state index in [2.05, 4.69) is 78.0 Å². The van der Waals surface area contributed by atoms with E-state index in [0.29, 0.717) is 193 Å². The molecule has 4 aliphatic rings. The minimum atomic E-state index is -4.29. The summed E-state index contributed by atoms with van der Waals surface area (Å²) >= 11 is 4.13. The van der Waals surface area contributed by atoms with Crippen LogP contribution in [0, 0.1) is 0 Å². The quantitative estimate of drug-likeness (QED) is 0.0570. The van der Waals surface area contributed by atoms with E-state index in [9.17, 15) is 88.7 Å². The smallest absolute Gasteiger partial charge is 0.352 e. The van der Waals surface area contributed by atoms with Gasteiger partial charge in [-0.15, -0.1) is 45.3 Å². The number of piperazine rings is 4. The SMILES string of the molecule is CCc1ccc(CC(=O)N2CCN(c3ncnc4sc(CC(F)(F)F)cc34)CC2)cc1.CCc1ccc(CC(=O)N2CCN(c3ncnc4sc(CC(F)(F)F)cc34)CC2)cc1.CN(c1ccc(CC(=O)N2CCN(c3ncnc4sc(CC(F)(F)F)cc34)CC2)cc1)S(C)(=O)=O.CS(=O)(=O)Cc1ccc(CC(=O)N2CCN(c3ncnc4sc(CC(F)(F)F)cc34)CC2)cc1. The Bertz CT molecular complexity index is 6040. The van der Waals surface area contributed by atoms with Crippen molar-refractivity contribution in [1.82, 2.24) is 59.5 Å². The first-order valence-electron chi connectivity index (χ1n) is 41.8. The van der Waals surface area contributed by atoms with Crippen LogP contribution in [0.25, 0.3) is 40.9 Å². The second-order valence-electron chi connectivity index (χ2n) is 32.0. The molecule has 12 heterocycles. The van der Waals surface area contributed by atoms with Crippen LogP contribution in [-0.4, -0.2) is 249 Å². The first-order valence-corrected chi connectivity index (χ1v) is 48.9. The lowest BCUT2D eigenvalue weighted by molar-refractivity contribution is -0.131. The predicted molar refractivity (Wildman–Crippen MR) is 485 cm³/mol. The summed E-state index contributed by atoms with van der Waals surface area (Å²) in [6.07, 6.45) is -10.1. The predicted octanol–water partition coefficient (Wildman–Crippen LogP) is 14.8. The molecule has 0 bridgehead atoms. The van der Waals surface area contributed by atoms with Crippen molar-refractivity contribution in [3.05, 3.63) is 205 Å². The Balaban J connectivity index is 0.000000149. The molecule has 16 rings (SSSR count). The summed E-state index contributed by atoms with van der Waals surface area (Å²) in [5, 5.41) is 2.47. The van der Waals surface area contributed by atoms with Crippen LogP contribution in [-0.2, 0) is 109 Å². The highest BCUT2D eigenvalue weighted by atomic mass is 32.2. The van der Waals surface area contributed by atoms with Gasteiger partial charge >= 0.3 is 24.7 Å². The van der Waals surface area contributed by atoms with Crippen molar-refractivity contribution >= 4 is 159 Å². The van der Waals surface area contributed by atoms with E-state index in [4.69, 9.17) is 0 Å². The fourth-order valence-corrected chi connectivity index (χ4v) is 20.8. The van der Waals surface area contributed by atoms with Crippen molar-refractivity contribution in [3.63, 3.8) is 0 Å². The lowest BCUT2D eigenvalue weighted by Crippen LogP contribution is -2.49. The second-order valence-corrected chi connectivity index (χ2v) is 40.6. The van der Waals surface area contributed by atoms with Gasteiger partial charge in [0.1, 0.15) is 67.9 Å². The highest BCUT2D eigenvalue weighted by molar-refractivity contribution is 7.92. The number of hydrogen-bond donors (Lipinski definition) is 0. The third-order valence-corrected chi connectivity index (χ3v) is 28.4. The molecule has 25 nitrogen and oxygen atoms in total. The van der Waals surface area contributed by atoms with Crippen LogP contribution in [0.1, 0.15) is 72.3 Å². The number of anilines is 5. The van der Waals surface area contributed by atoms with Gasteiger partial charge in [-0.25, -0.2) is 56.7 Å². The molecule has 0 spiro atoms. The number of halogens is 12. The molecule has 0 atom stereocenters. The average molecular weight is 1940 g/mol. The Morgan fingerprint density at radius 2 is 0.542 bits per heavy atom. The number of benzene rings is 4. The van der Waals surface area contributed by atoms with Gasteiger partial charge in [0.05, 0.1) is 90.6 Å². The Labute approximate surface area is 763 Å². The number of fused-ring (bicyclic) bond motifs is 4. The standard InChI is InChI=1S/C22H24F3N5O3S2.C22H23F3N4O3S2.2C22H23F3N4OS/c1-28(35(2,32)33)16-5-3-15(4-6-16)11-19(31)29-7-9-30(10-8-29)20-18-12-17(13-22(23,24)25)34-21(18)27-14-26-20;1-34(31,32)13-16-4-2-15(3-5-16)10-19(30)28-6-8-29(9-7-28)20-18-11-17(12-22(23,24)25)33-21(18)27-14-26-20;2*1-2-15-3-5-16(6-4-15)11-19(30)28-7-9-29(10-8-28)20-18-12-17(13-22(23,24)25)31-21(18)27-14-26-20/h3-6,12,14H,7-11,13H2,1-2H3;2-5,11,14H,6-10,12-13H2,1H3;2*3-6,12,14H,2,7-11,13H2,1H3. The molecule has 0 radical (unpaired) electrons. The maximum Gasteiger partial charge on any atom is 0.393 e. The fourth-order valence-electron chi connectivity index (χ4n) is 15.4. The highest BCUT2D eigenvalue weighted by Crippen LogP contribution is 2.40. The van der Waals surface area contributed by atoms with Gasteiger partial charge in [0.15, 0.2) is 9.84 Å². The zero-order valence-electron chi connectivity index (χ0n) is 71.8. The van der Waals surface area contributed by atoms with Crippen LogP contribution in [0.15, 0.2) is 147 Å². The molecule has 4 aromatic carbocycles. The highest BCUT2D eigenvalue weighted by Gasteiger charge is 2.36. The van der Waals surface area contributed by atoms with Gasteiger partial charge in [0.25, 0.3) is 0 Å². The van der Waals surface area contributed by atoms with Crippen LogP contribution in [0.5, 0.6) is 0 Å². The number of amides is 4. The second kappa shape index (κ2) is 41.8. The molecule has 4 fully saturated rings. The van der Waals surface area contributed by atoms with E-state index in [1.54, 1.807) is 70.5 Å². The molecule has 4 saturated heterocycles. The minimum Gasteiger partial charge on any atom is -0.352 e. The van der Waals surface area contributed by atoms with E-state index in [1.807, 2.05) is 53.7 Å². The molecule has 131 heavy (non-hydrogen) atoms. The Hall–Kier alpha value is -11.0. The van der Waals surface area contributed by atoms with Gasteiger partial charge in [0, 0.05) is 138 Å². The number of aromatic nitrogens is 8. The maximum absolute atomic E-state index is 12.8. The largest absolute Gasteiger partial charge is 0.393 e. The molecule has 8 aromatic heterocycles. The van der Waals surface area contributed by atoms with E-state index < -0.39 is 70.2 Å². The molecule has 0 unspecified atom stereocenters. The summed E-state index contributed by atoms with van der Waals surface area (Å²) in [5.41, 5.74) is 7.25. The van der Waals surface area contributed by atoms with Crippen molar-refractivity contribution in [3.8, 4) is 0 Å². The van der Waals surface area contributed by atoms with Crippen molar-refractivity contribution in [2.45, 2.75) is 109 Å². The molecule has 4 aliphatic heterocycles. The van der Waals surface area contributed by atoms with Gasteiger partial charge in [-0.2, -0.15) is 52.7 Å². The minimum absolute atomic E-state index is 0.0358. The summed E-state index contributed by atoms with van der Waals surface area (Å²) in [6, 6.07) is 36.1. The number of carbonyl (C=O) groups excluding carboxylic acids is 4. The molecule has 12 aromatic rings. The van der Waals surface area contributed by atoms with Crippen LogP contribution in [0.3, 0.4) is 0 Å². The number of sulfone groups is 1. The monoisotopic (exact) mass is 1940 g/mol. The van der Waals surface area contributed by atoms with Crippen LogP contribution in [0.2, 0.25) is 0 Å². The van der Waals surface area contributed by atoms with E-state index in [0.717, 1.165) is 86.7 Å². The molecule has 0 aliphatic carbocycles. The third kappa shape index (κ3) is 27.4. The topological polar surface area (TPSA) is 269 Å². The Morgan fingerprint density at radius 3 is 0.748 bits per heavy atom. The van der Waals surface area contributed by atoms with Crippen molar-refractivity contribution in [2.75, 3.05) is 148 Å². The summed E-state index contributed by atoms with van der Waals surface area (Å²) < 4.78 is 201. The van der Waals surface area contributed by atoms with Crippen LogP contribution < -0.4 is 23.9 Å². The van der Waals surface area contributed by atoms with Crippen molar-refractivity contribution in [1.29, 1.82) is 0 Å². The maximum atomic E-state index is 12.8. The first kappa shape index (κ1) is 97.5. The molecule has 0 saturated carbocycles. The third-order valence-electron chi connectivity index (χ3n) is 22.2. The van der Waals surface area contributed by atoms with Gasteiger partial charge in [-0.3, -0.25) is 23.5 Å². The lowest BCUT2D eigenvalue weighted by Gasteiger charge is -2.35. The van der Waals surface area contributed by atoms with E-state index in [-0.39, 0.29) is 61.7 Å². The van der Waals surface area contributed by atoms with Gasteiger partial charge in [0.2, 0.25) is 33.7 Å². The van der Waals surface area contributed by atoms with Crippen LogP contribution >= 0.6 is 45.3 Å². The van der Waals surface area contributed by atoms with Crippen molar-refractivity contribution < 1.29 is 88.7 Å². The van der Waals surface area contributed by atoms with Gasteiger partial charge < -0.3 is 39.2 Å². The first-order chi connectivity index (χ1) is 62.0. The number of sulfonamides is 1. The number of rotatable bonds is 22. The Morgan fingerprint density at radius 1 is 0.328 bits per heavy atom. The zero-order valence-corrected chi connectivity index (χ0v) is 76.7. The van der Waals surface area contributed by atoms with Crippen LogP contribution in [0.4, 0.5) is 81.6 Å². The van der Waals surface area contributed by atoms with Gasteiger partial charge in [-0.1, -0.05) is 98.8 Å². The van der Waals surface area contributed by atoms with Crippen molar-refractivity contribution in [2.24, 2.45) is 0 Å². The molecule has 43 heteroatoms. The normalized spacial score (nSPS) is 15.0. The summed E-state index contributed by atoms with van der Waals surface area (Å²) in [7, 11) is -5.01. The number of thiophene rings is 4. The summed E-state index contributed by atoms with van der Waals surface area (Å²) in [6.45, 7) is 12.6. The Kier molecular flexibility index (Phi) is 31.1. The number of nitrogens with zero attached hydrogens (tertiary/aromatic N) is 17. The molecular weight excluding hydrogens is 1840 g/mol. The average Bonchev–Trinajstić information content (AvgIpc) is 1.67. The summed E-state index contributed by atoms with van der Waals surface area (Å²) in [4.78, 5) is 103. The number of aryl methyl sites for hydroxylation is 2. The van der Waals surface area contributed by atoms with E-state index >= 15 is 0 Å². The molecular formula is C88H93F12N17O8S6. The number of hydrogen-bond acceptors (Lipinski definition) is 24. The van der Waals surface area contributed by atoms with Gasteiger partial charge in [-0.05, 0) is 88.2 Å². The fraction of sp³-hybridized carbons (Fsp3) is 0.409. The van der Waals surface area contributed by atoms with E-state index in [1.165, 1.54) is 66.2 Å². The number of carbonyl (C=O) groups is 4. The molecule has 4 amide bonds. The zero-order chi connectivity index (χ0) is 93.9. The number of alkyl halides is 12. The molecule has 698 valence electrons. The molecule has 0 N–H and O–H groups in total.